The summed E-state index contributed by atoms with van der Waals surface area (Å²) in [5.41, 5.74) is 0.492. The normalized spacial score (nSPS) is 15.8. The Kier molecular flexibility index (Phi) is 2.97. The molecule has 5 nitrogen and oxygen atoms in total. The molecule has 0 radical (unpaired) electrons. The molecule has 110 valence electrons. The van der Waals surface area contributed by atoms with E-state index < -0.39 is 11.6 Å². The van der Waals surface area contributed by atoms with Crippen molar-refractivity contribution in [2.45, 2.75) is 32.4 Å². The van der Waals surface area contributed by atoms with E-state index in [-0.39, 0.29) is 18.6 Å². The number of anilines is 1. The number of phenolic OH excluding ortho intramolecular Hbond substituents is 1. The number of hydrogen-bond donors (Lipinski definition) is 2. The second kappa shape index (κ2) is 4.58. The summed E-state index contributed by atoms with van der Waals surface area (Å²) < 4.78 is 18.8. The lowest BCUT2D eigenvalue weighted by atomic mass is 10.0. The Balaban J connectivity index is 1.95. The van der Waals surface area contributed by atoms with Crippen molar-refractivity contribution in [3.05, 3.63) is 29.7 Å². The molecule has 0 atom stereocenters. The summed E-state index contributed by atoms with van der Waals surface area (Å²) in [5.74, 6) is -0.0304. The van der Waals surface area contributed by atoms with Crippen LogP contribution in [0.5, 0.6) is 5.75 Å². The molecule has 1 aromatic heterocycles. The first-order chi connectivity index (χ1) is 9.90. The van der Waals surface area contributed by atoms with Crippen molar-refractivity contribution in [2.24, 2.45) is 0 Å². The Bertz CT molecular complexity index is 700. The van der Waals surface area contributed by atoms with E-state index in [1.807, 2.05) is 0 Å². The van der Waals surface area contributed by atoms with Gasteiger partial charge in [0.2, 0.25) is 0 Å². The lowest BCUT2D eigenvalue weighted by molar-refractivity contribution is -0.122. The summed E-state index contributed by atoms with van der Waals surface area (Å²) in [4.78, 5) is 11.7. The first-order valence-corrected chi connectivity index (χ1v) is 6.67. The number of rotatable bonds is 3. The topological polar surface area (TPSA) is 75.4 Å². The Hall–Kier alpha value is -2.37. The highest BCUT2D eigenvalue weighted by atomic mass is 19.1. The number of aromatic hydroxyl groups is 1. The molecule has 0 aliphatic heterocycles. The molecule has 1 heterocycles. The minimum atomic E-state index is -1.74. The Labute approximate surface area is 120 Å². The maximum atomic E-state index is 13.7. The van der Waals surface area contributed by atoms with Gasteiger partial charge in [0.15, 0.2) is 5.67 Å². The third-order valence-corrected chi connectivity index (χ3v) is 3.65. The highest BCUT2D eigenvalue weighted by Crippen LogP contribution is 2.41. The second-order valence-electron chi connectivity index (χ2n) is 5.35. The fourth-order valence-corrected chi connectivity index (χ4v) is 2.26. The Morgan fingerprint density at radius 1 is 1.43 bits per heavy atom. The molecule has 0 unspecified atom stereocenters. The fourth-order valence-electron chi connectivity index (χ4n) is 2.26. The zero-order valence-corrected chi connectivity index (χ0v) is 11.7. The quantitative estimate of drug-likeness (QED) is 0.852. The predicted octanol–water partition coefficient (Wildman–Crippen LogP) is 3.10. The van der Waals surface area contributed by atoms with Crippen LogP contribution in [0.1, 0.15) is 24.3 Å². The molecule has 0 bridgehead atoms. The van der Waals surface area contributed by atoms with Crippen molar-refractivity contribution in [3.8, 4) is 16.9 Å². The molecule has 2 N–H and O–H groups in total. The summed E-state index contributed by atoms with van der Waals surface area (Å²) in [6, 6.07) is 4.57. The van der Waals surface area contributed by atoms with E-state index in [1.165, 1.54) is 12.1 Å². The van der Waals surface area contributed by atoms with Gasteiger partial charge in [-0.15, -0.1) is 0 Å². The molecule has 6 heteroatoms. The van der Waals surface area contributed by atoms with Crippen molar-refractivity contribution in [2.75, 3.05) is 5.32 Å². The molecule has 1 aliphatic carbocycles. The zero-order valence-electron chi connectivity index (χ0n) is 11.7. The van der Waals surface area contributed by atoms with Crippen molar-refractivity contribution in [1.82, 2.24) is 5.16 Å². The minimum absolute atomic E-state index is 0.0452. The fraction of sp³-hybridized carbons (Fsp3) is 0.333. The number of hydrogen-bond acceptors (Lipinski definition) is 4. The van der Waals surface area contributed by atoms with Gasteiger partial charge in [0.05, 0.1) is 11.3 Å². The SMILES string of the molecule is Cc1noc(C)c1-c1cc(NC(=O)C2(F)CC2)ccc1O. The Morgan fingerprint density at radius 2 is 2.14 bits per heavy atom. The van der Waals surface area contributed by atoms with Gasteiger partial charge in [-0.2, -0.15) is 0 Å². The van der Waals surface area contributed by atoms with Crippen LogP contribution >= 0.6 is 0 Å². The van der Waals surface area contributed by atoms with Gasteiger partial charge in [-0.1, -0.05) is 5.16 Å². The standard InChI is InChI=1S/C15H15FN2O3/c1-8-13(9(2)21-18-8)11-7-10(3-4-12(11)19)17-14(20)15(16)5-6-15/h3-4,7,19H,5-6H2,1-2H3,(H,17,20). The van der Waals surface area contributed by atoms with Crippen molar-refractivity contribution in [1.29, 1.82) is 0 Å². The first kappa shape index (κ1) is 13.6. The molecule has 21 heavy (non-hydrogen) atoms. The number of alkyl halides is 1. The average Bonchev–Trinajstić information content (AvgIpc) is 3.11. The highest BCUT2D eigenvalue weighted by molar-refractivity contribution is 5.99. The summed E-state index contributed by atoms with van der Waals surface area (Å²) in [7, 11) is 0. The molecule has 1 aliphatic rings. The molecular weight excluding hydrogens is 275 g/mol. The van der Waals surface area contributed by atoms with Gasteiger partial charge in [-0.05, 0) is 44.9 Å². The van der Waals surface area contributed by atoms with Crippen LogP contribution in [0.25, 0.3) is 11.1 Å². The number of amides is 1. The first-order valence-electron chi connectivity index (χ1n) is 6.67. The van der Waals surface area contributed by atoms with Crippen molar-refractivity contribution in [3.63, 3.8) is 0 Å². The number of carbonyl (C=O) groups excluding carboxylic acids is 1. The highest BCUT2D eigenvalue weighted by Gasteiger charge is 2.50. The number of carbonyl (C=O) groups is 1. The molecule has 3 rings (SSSR count). The largest absolute Gasteiger partial charge is 0.507 e. The van der Waals surface area contributed by atoms with E-state index in [1.54, 1.807) is 19.9 Å². The third kappa shape index (κ3) is 2.37. The van der Waals surface area contributed by atoms with Crippen LogP contribution in [0.3, 0.4) is 0 Å². The second-order valence-corrected chi connectivity index (χ2v) is 5.35. The molecule has 0 spiro atoms. The molecule has 1 saturated carbocycles. The van der Waals surface area contributed by atoms with Gasteiger partial charge in [-0.25, -0.2) is 4.39 Å². The molecule has 1 amide bonds. The van der Waals surface area contributed by atoms with Crippen molar-refractivity contribution >= 4 is 11.6 Å². The summed E-state index contributed by atoms with van der Waals surface area (Å²) >= 11 is 0. The van der Waals surface area contributed by atoms with E-state index in [9.17, 15) is 14.3 Å². The smallest absolute Gasteiger partial charge is 0.262 e. The molecular formula is C15H15FN2O3. The van der Waals surface area contributed by atoms with Gasteiger partial charge < -0.3 is 14.9 Å². The van der Waals surface area contributed by atoms with Gasteiger partial charge in [0, 0.05) is 11.3 Å². The summed E-state index contributed by atoms with van der Waals surface area (Å²) in [5, 5.41) is 16.4. The van der Waals surface area contributed by atoms with Crippen molar-refractivity contribution < 1.29 is 18.8 Å². The molecule has 1 fully saturated rings. The number of nitrogens with zero attached hydrogens (tertiary/aromatic N) is 1. The van der Waals surface area contributed by atoms with Crippen LogP contribution in [0.4, 0.5) is 10.1 Å². The van der Waals surface area contributed by atoms with E-state index >= 15 is 0 Å². The molecule has 0 saturated heterocycles. The van der Waals surface area contributed by atoms with Gasteiger partial charge in [0.1, 0.15) is 11.5 Å². The number of phenols is 1. The molecule has 1 aromatic carbocycles. The van der Waals surface area contributed by atoms with Gasteiger partial charge >= 0.3 is 0 Å². The summed E-state index contributed by atoms with van der Waals surface area (Å²) in [6.07, 6.45) is 0.515. The van der Waals surface area contributed by atoms with Gasteiger partial charge in [0.25, 0.3) is 5.91 Å². The van der Waals surface area contributed by atoms with Crippen LogP contribution in [-0.2, 0) is 4.79 Å². The minimum Gasteiger partial charge on any atom is -0.507 e. The number of aryl methyl sites for hydroxylation is 2. The van der Waals surface area contributed by atoms with E-state index in [0.29, 0.717) is 28.3 Å². The maximum Gasteiger partial charge on any atom is 0.262 e. The lowest BCUT2D eigenvalue weighted by Gasteiger charge is -2.10. The lowest BCUT2D eigenvalue weighted by Crippen LogP contribution is -2.25. The van der Waals surface area contributed by atoms with Gasteiger partial charge in [-0.3, -0.25) is 4.79 Å². The predicted molar refractivity (Wildman–Crippen MR) is 74.8 cm³/mol. The number of nitrogens with one attached hydrogen (secondary N) is 1. The van der Waals surface area contributed by atoms with Crippen LogP contribution in [0, 0.1) is 13.8 Å². The average molecular weight is 290 g/mol. The Morgan fingerprint density at radius 3 is 2.71 bits per heavy atom. The zero-order chi connectivity index (χ0) is 15.2. The number of benzene rings is 1. The monoisotopic (exact) mass is 290 g/mol. The maximum absolute atomic E-state index is 13.7. The van der Waals surface area contributed by atoms with E-state index in [0.717, 1.165) is 0 Å². The summed E-state index contributed by atoms with van der Waals surface area (Å²) in [6.45, 7) is 3.50. The number of aromatic nitrogens is 1. The number of halogens is 1. The van der Waals surface area contributed by atoms with E-state index in [2.05, 4.69) is 10.5 Å². The molecule has 2 aromatic rings. The van der Waals surface area contributed by atoms with Crippen LogP contribution in [-0.4, -0.2) is 21.8 Å². The van der Waals surface area contributed by atoms with Crippen LogP contribution < -0.4 is 5.32 Å². The third-order valence-electron chi connectivity index (χ3n) is 3.65. The van der Waals surface area contributed by atoms with E-state index in [4.69, 9.17) is 4.52 Å². The van der Waals surface area contributed by atoms with Crippen LogP contribution in [0.15, 0.2) is 22.7 Å². The van der Waals surface area contributed by atoms with Crippen LogP contribution in [0.2, 0.25) is 0 Å².